The van der Waals surface area contributed by atoms with Crippen molar-refractivity contribution in [2.24, 2.45) is 5.41 Å². The van der Waals surface area contributed by atoms with Crippen LogP contribution in [0.5, 0.6) is 0 Å². The van der Waals surface area contributed by atoms with Gasteiger partial charge in [0.2, 0.25) is 0 Å². The van der Waals surface area contributed by atoms with Crippen LogP contribution >= 0.6 is 0 Å². The van der Waals surface area contributed by atoms with E-state index in [1.807, 2.05) is 12.1 Å². The van der Waals surface area contributed by atoms with Gasteiger partial charge in [-0.2, -0.15) is 0 Å². The molecule has 0 heterocycles. The summed E-state index contributed by atoms with van der Waals surface area (Å²) >= 11 is 0. The molecule has 0 nitrogen and oxygen atoms in total. The molecule has 0 N–H and O–H groups in total. The molecule has 0 spiro atoms. The Hall–Kier alpha value is -0.850. The van der Waals surface area contributed by atoms with E-state index in [1.165, 1.54) is 6.07 Å². The molecule has 0 aliphatic rings. The Balaban J connectivity index is 3.02. The minimum absolute atomic E-state index is 0.0927. The second kappa shape index (κ2) is 3.49. The number of halogens is 1. The molecule has 1 aromatic rings. The fourth-order valence-electron chi connectivity index (χ4n) is 1.29. The molecule has 0 aliphatic carbocycles. The molecule has 0 amide bonds. The van der Waals surface area contributed by atoms with Crippen LogP contribution in [0.15, 0.2) is 24.3 Å². The first-order valence-corrected chi connectivity index (χ1v) is 4.67. The zero-order chi connectivity index (χ0) is 10.1. The second-order valence-corrected chi connectivity index (χ2v) is 4.61. The summed E-state index contributed by atoms with van der Waals surface area (Å²) in [5.74, 6) is 0.152. The Bertz CT molecular complexity index is 283. The number of hydrogen-bond acceptors (Lipinski definition) is 0. The van der Waals surface area contributed by atoms with E-state index in [0.717, 1.165) is 5.56 Å². The third-order valence-electron chi connectivity index (χ3n) is 2.67. The Morgan fingerprint density at radius 3 is 2.15 bits per heavy atom. The Morgan fingerprint density at radius 1 is 1.15 bits per heavy atom. The fourth-order valence-corrected chi connectivity index (χ4v) is 1.29. The number of rotatable bonds is 1. The molecule has 72 valence electrons. The average Bonchev–Trinajstić information content (AvgIpc) is 2.02. The third-order valence-corrected chi connectivity index (χ3v) is 2.67. The van der Waals surface area contributed by atoms with E-state index in [0.29, 0.717) is 0 Å². The highest BCUT2D eigenvalue weighted by atomic mass is 19.1. The molecule has 0 fully saturated rings. The van der Waals surface area contributed by atoms with Gasteiger partial charge in [-0.3, -0.25) is 0 Å². The summed E-state index contributed by atoms with van der Waals surface area (Å²) < 4.78 is 13.4. The lowest BCUT2D eigenvalue weighted by Gasteiger charge is -2.27. The first-order chi connectivity index (χ1) is 5.93. The Morgan fingerprint density at radius 2 is 1.69 bits per heavy atom. The molecule has 1 aromatic carbocycles. The molecule has 0 saturated heterocycles. The van der Waals surface area contributed by atoms with Crippen LogP contribution in [0.4, 0.5) is 4.39 Å². The lowest BCUT2D eigenvalue weighted by Crippen LogP contribution is -2.16. The molecule has 0 bridgehead atoms. The van der Waals surface area contributed by atoms with Gasteiger partial charge in [0.1, 0.15) is 5.82 Å². The van der Waals surface area contributed by atoms with Gasteiger partial charge in [-0.05, 0) is 23.0 Å². The van der Waals surface area contributed by atoms with Gasteiger partial charge in [0.15, 0.2) is 0 Å². The van der Waals surface area contributed by atoms with E-state index in [9.17, 15) is 4.39 Å². The van der Waals surface area contributed by atoms with Crippen molar-refractivity contribution >= 4 is 0 Å². The smallest absolute Gasteiger partial charge is 0.126 e. The average molecular weight is 180 g/mol. The normalized spacial score (nSPS) is 14.2. The van der Waals surface area contributed by atoms with Crippen LogP contribution in [0.1, 0.15) is 39.2 Å². The van der Waals surface area contributed by atoms with Gasteiger partial charge >= 0.3 is 0 Å². The highest BCUT2D eigenvalue weighted by Gasteiger charge is 2.23. The van der Waals surface area contributed by atoms with Crippen LogP contribution in [0.3, 0.4) is 0 Å². The van der Waals surface area contributed by atoms with E-state index in [1.54, 1.807) is 6.07 Å². The predicted molar refractivity (Wildman–Crippen MR) is 54.3 cm³/mol. The van der Waals surface area contributed by atoms with E-state index >= 15 is 0 Å². The van der Waals surface area contributed by atoms with E-state index < -0.39 is 0 Å². The maximum Gasteiger partial charge on any atom is 0.126 e. The van der Waals surface area contributed by atoms with Gasteiger partial charge < -0.3 is 0 Å². The molecule has 1 atom stereocenters. The Kier molecular flexibility index (Phi) is 2.74. The molecule has 0 radical (unpaired) electrons. The monoisotopic (exact) mass is 180 g/mol. The van der Waals surface area contributed by atoms with Gasteiger partial charge in [-0.15, -0.1) is 0 Å². The van der Waals surface area contributed by atoms with E-state index in [-0.39, 0.29) is 17.2 Å². The molecular formula is C12H17F. The molecule has 1 rings (SSSR count). The summed E-state index contributed by atoms with van der Waals surface area (Å²) in [5.41, 5.74) is 0.928. The summed E-state index contributed by atoms with van der Waals surface area (Å²) in [5, 5.41) is 0. The van der Waals surface area contributed by atoms with Crippen LogP contribution in [-0.2, 0) is 0 Å². The SMILES string of the molecule is C[C@H](c1ccccc1F)C(C)(C)C. The van der Waals surface area contributed by atoms with Crippen molar-refractivity contribution in [1.82, 2.24) is 0 Å². The quantitative estimate of drug-likeness (QED) is 0.613. The summed E-state index contributed by atoms with van der Waals surface area (Å²) in [6.45, 7) is 8.46. The summed E-state index contributed by atoms with van der Waals surface area (Å²) in [6.07, 6.45) is 0. The van der Waals surface area contributed by atoms with Gasteiger partial charge in [-0.1, -0.05) is 45.9 Å². The van der Waals surface area contributed by atoms with Crippen molar-refractivity contribution in [2.45, 2.75) is 33.6 Å². The van der Waals surface area contributed by atoms with Crippen molar-refractivity contribution < 1.29 is 4.39 Å². The lowest BCUT2D eigenvalue weighted by molar-refractivity contribution is 0.331. The zero-order valence-electron chi connectivity index (χ0n) is 8.76. The third kappa shape index (κ3) is 2.30. The van der Waals surface area contributed by atoms with Crippen molar-refractivity contribution in [3.8, 4) is 0 Å². The first kappa shape index (κ1) is 10.2. The molecule has 0 saturated carbocycles. The number of hydrogen-bond donors (Lipinski definition) is 0. The van der Waals surface area contributed by atoms with E-state index in [2.05, 4.69) is 27.7 Å². The minimum Gasteiger partial charge on any atom is -0.207 e. The van der Waals surface area contributed by atoms with Crippen LogP contribution in [0, 0.1) is 11.2 Å². The lowest BCUT2D eigenvalue weighted by atomic mass is 9.78. The van der Waals surface area contributed by atoms with Crippen LogP contribution < -0.4 is 0 Å². The van der Waals surface area contributed by atoms with Crippen LogP contribution in [0.2, 0.25) is 0 Å². The Labute approximate surface area is 79.8 Å². The highest BCUT2D eigenvalue weighted by molar-refractivity contribution is 5.22. The summed E-state index contributed by atoms with van der Waals surface area (Å²) in [4.78, 5) is 0. The predicted octanol–water partition coefficient (Wildman–Crippen LogP) is 3.98. The molecule has 0 unspecified atom stereocenters. The topological polar surface area (TPSA) is 0 Å². The standard InChI is InChI=1S/C12H17F/c1-9(12(2,3)4)10-7-5-6-8-11(10)13/h5-9H,1-4H3/t9-/m1/s1. The van der Waals surface area contributed by atoms with Gasteiger partial charge in [0.05, 0.1) is 0 Å². The maximum absolute atomic E-state index is 13.4. The van der Waals surface area contributed by atoms with Crippen LogP contribution in [0.25, 0.3) is 0 Å². The van der Waals surface area contributed by atoms with E-state index in [4.69, 9.17) is 0 Å². The summed E-state index contributed by atoms with van der Waals surface area (Å²) in [6, 6.07) is 7.01. The minimum atomic E-state index is -0.0927. The highest BCUT2D eigenvalue weighted by Crippen LogP contribution is 2.35. The second-order valence-electron chi connectivity index (χ2n) is 4.61. The fraction of sp³-hybridized carbons (Fsp3) is 0.500. The maximum atomic E-state index is 13.4. The molecular weight excluding hydrogens is 163 g/mol. The molecule has 0 aromatic heterocycles. The van der Waals surface area contributed by atoms with Crippen molar-refractivity contribution in [1.29, 1.82) is 0 Å². The molecule has 1 heteroatoms. The van der Waals surface area contributed by atoms with Crippen molar-refractivity contribution in [2.75, 3.05) is 0 Å². The molecule has 13 heavy (non-hydrogen) atoms. The van der Waals surface area contributed by atoms with Gasteiger partial charge in [0, 0.05) is 0 Å². The first-order valence-electron chi connectivity index (χ1n) is 4.67. The van der Waals surface area contributed by atoms with Crippen molar-refractivity contribution in [3.63, 3.8) is 0 Å². The van der Waals surface area contributed by atoms with Crippen molar-refractivity contribution in [3.05, 3.63) is 35.6 Å². The zero-order valence-corrected chi connectivity index (χ0v) is 8.76. The summed E-state index contributed by atoms with van der Waals surface area (Å²) in [7, 11) is 0. The van der Waals surface area contributed by atoms with Crippen LogP contribution in [-0.4, -0.2) is 0 Å². The van der Waals surface area contributed by atoms with Gasteiger partial charge in [-0.25, -0.2) is 4.39 Å². The largest absolute Gasteiger partial charge is 0.207 e. The number of benzene rings is 1. The molecule has 0 aliphatic heterocycles. The van der Waals surface area contributed by atoms with Gasteiger partial charge in [0.25, 0.3) is 0 Å².